The van der Waals surface area contributed by atoms with Gasteiger partial charge in [-0.15, -0.1) is 11.3 Å². The van der Waals surface area contributed by atoms with Crippen LogP contribution >= 0.6 is 11.3 Å². The zero-order chi connectivity index (χ0) is 15.7. The zero-order valence-corrected chi connectivity index (χ0v) is 13.0. The topological polar surface area (TPSA) is 70.5 Å². The van der Waals surface area contributed by atoms with E-state index in [2.05, 4.69) is 4.98 Å². The first-order chi connectivity index (χ1) is 10.6. The highest BCUT2D eigenvalue weighted by Crippen LogP contribution is 2.25. The zero-order valence-electron chi connectivity index (χ0n) is 12.2. The summed E-state index contributed by atoms with van der Waals surface area (Å²) in [4.78, 5) is 30.6. The molecule has 2 aromatic rings. The standard InChI is InChI=1S/C16H16N2O3S/c1-10-14(22-9-17-10)7-15(19)18-8-12-5-3-2-4-11(12)6-13(18)16(20)21/h2-5,9,13H,6-8H2,1H3,(H,20,21)/t13-/m1/s1. The Hall–Kier alpha value is -2.21. The molecule has 1 aromatic carbocycles. The molecule has 2 heterocycles. The van der Waals surface area contributed by atoms with Gasteiger partial charge >= 0.3 is 5.97 Å². The van der Waals surface area contributed by atoms with Crippen molar-refractivity contribution < 1.29 is 14.7 Å². The molecule has 0 fully saturated rings. The molecule has 0 saturated heterocycles. The summed E-state index contributed by atoms with van der Waals surface area (Å²) < 4.78 is 0. The van der Waals surface area contributed by atoms with Crippen LogP contribution in [0, 0.1) is 6.92 Å². The van der Waals surface area contributed by atoms with Gasteiger partial charge in [0.05, 0.1) is 17.6 Å². The van der Waals surface area contributed by atoms with Crippen LogP contribution in [-0.4, -0.2) is 32.9 Å². The summed E-state index contributed by atoms with van der Waals surface area (Å²) in [6.45, 7) is 2.21. The highest BCUT2D eigenvalue weighted by Gasteiger charge is 2.34. The summed E-state index contributed by atoms with van der Waals surface area (Å²) in [5.41, 5.74) is 4.57. The second-order valence-electron chi connectivity index (χ2n) is 5.39. The highest BCUT2D eigenvalue weighted by molar-refractivity contribution is 7.09. The molecule has 0 spiro atoms. The Morgan fingerprint density at radius 2 is 2.09 bits per heavy atom. The maximum atomic E-state index is 12.6. The maximum absolute atomic E-state index is 12.6. The van der Waals surface area contributed by atoms with Crippen molar-refractivity contribution in [3.05, 3.63) is 51.5 Å². The van der Waals surface area contributed by atoms with E-state index >= 15 is 0 Å². The fraction of sp³-hybridized carbons (Fsp3) is 0.312. The molecule has 0 unspecified atom stereocenters. The van der Waals surface area contributed by atoms with E-state index in [0.717, 1.165) is 21.7 Å². The van der Waals surface area contributed by atoms with Crippen LogP contribution in [0.4, 0.5) is 0 Å². The van der Waals surface area contributed by atoms with Crippen LogP contribution in [0.25, 0.3) is 0 Å². The summed E-state index contributed by atoms with van der Waals surface area (Å²) >= 11 is 1.43. The minimum Gasteiger partial charge on any atom is -0.480 e. The van der Waals surface area contributed by atoms with Crippen molar-refractivity contribution >= 4 is 23.2 Å². The molecular formula is C16H16N2O3S. The average molecular weight is 316 g/mol. The molecule has 6 heteroatoms. The van der Waals surface area contributed by atoms with E-state index in [-0.39, 0.29) is 12.3 Å². The third-order valence-electron chi connectivity index (χ3n) is 4.01. The molecule has 0 aliphatic carbocycles. The fourth-order valence-electron chi connectivity index (χ4n) is 2.74. The number of aryl methyl sites for hydroxylation is 1. The van der Waals surface area contributed by atoms with Crippen molar-refractivity contribution in [3.63, 3.8) is 0 Å². The normalized spacial score (nSPS) is 17.1. The van der Waals surface area contributed by atoms with Crippen LogP contribution in [-0.2, 0) is 29.0 Å². The number of fused-ring (bicyclic) bond motifs is 1. The van der Waals surface area contributed by atoms with Gasteiger partial charge in [-0.05, 0) is 18.1 Å². The van der Waals surface area contributed by atoms with E-state index in [9.17, 15) is 14.7 Å². The molecule has 114 valence electrons. The Morgan fingerprint density at radius 1 is 1.36 bits per heavy atom. The van der Waals surface area contributed by atoms with E-state index in [1.807, 2.05) is 31.2 Å². The van der Waals surface area contributed by atoms with Crippen LogP contribution < -0.4 is 0 Å². The molecule has 0 saturated carbocycles. The van der Waals surface area contributed by atoms with Gasteiger partial charge in [0, 0.05) is 17.8 Å². The van der Waals surface area contributed by atoms with E-state index < -0.39 is 12.0 Å². The predicted molar refractivity (Wildman–Crippen MR) is 82.7 cm³/mol. The van der Waals surface area contributed by atoms with Gasteiger partial charge < -0.3 is 10.0 Å². The van der Waals surface area contributed by atoms with Crippen LogP contribution in [0.1, 0.15) is 21.7 Å². The van der Waals surface area contributed by atoms with Crippen LogP contribution in [0.3, 0.4) is 0 Å². The SMILES string of the molecule is Cc1ncsc1CC(=O)N1Cc2ccccc2C[C@@H]1C(=O)O. The molecule has 1 aliphatic rings. The second kappa shape index (κ2) is 5.88. The molecule has 0 bridgehead atoms. The lowest BCUT2D eigenvalue weighted by atomic mass is 9.93. The molecule has 1 aliphatic heterocycles. The van der Waals surface area contributed by atoms with Gasteiger partial charge in [-0.3, -0.25) is 4.79 Å². The number of aromatic nitrogens is 1. The van der Waals surface area contributed by atoms with E-state index in [1.54, 1.807) is 5.51 Å². The number of carbonyl (C=O) groups excluding carboxylic acids is 1. The summed E-state index contributed by atoms with van der Waals surface area (Å²) in [5, 5.41) is 9.46. The van der Waals surface area contributed by atoms with Gasteiger partial charge in [0.15, 0.2) is 0 Å². The smallest absolute Gasteiger partial charge is 0.326 e. The van der Waals surface area contributed by atoms with Crippen LogP contribution in [0.2, 0.25) is 0 Å². The first-order valence-corrected chi connectivity index (χ1v) is 7.92. The number of carbonyl (C=O) groups is 2. The van der Waals surface area contributed by atoms with Gasteiger partial charge in [0.2, 0.25) is 5.91 Å². The number of carboxylic acids is 1. The first-order valence-electron chi connectivity index (χ1n) is 7.04. The largest absolute Gasteiger partial charge is 0.480 e. The number of benzene rings is 1. The minimum absolute atomic E-state index is 0.158. The molecule has 1 aromatic heterocycles. The van der Waals surface area contributed by atoms with E-state index in [0.29, 0.717) is 13.0 Å². The first kappa shape index (κ1) is 14.7. The van der Waals surface area contributed by atoms with Crippen molar-refractivity contribution in [2.45, 2.75) is 32.4 Å². The number of amides is 1. The number of nitrogens with zero attached hydrogens (tertiary/aromatic N) is 2. The molecule has 3 rings (SSSR count). The molecule has 5 nitrogen and oxygen atoms in total. The van der Waals surface area contributed by atoms with Crippen molar-refractivity contribution in [3.8, 4) is 0 Å². The Kier molecular flexibility index (Phi) is 3.94. The third-order valence-corrected chi connectivity index (χ3v) is 4.95. The number of hydrogen-bond acceptors (Lipinski definition) is 4. The summed E-state index contributed by atoms with van der Waals surface area (Å²) in [7, 11) is 0. The molecule has 0 radical (unpaired) electrons. The fourth-order valence-corrected chi connectivity index (χ4v) is 3.51. The Bertz CT molecular complexity index is 726. The monoisotopic (exact) mass is 316 g/mol. The van der Waals surface area contributed by atoms with Crippen LogP contribution in [0.5, 0.6) is 0 Å². The lowest BCUT2D eigenvalue weighted by Crippen LogP contribution is -2.49. The Balaban J connectivity index is 1.86. The molecule has 1 N–H and O–H groups in total. The van der Waals surface area contributed by atoms with Gasteiger partial charge in [0.1, 0.15) is 6.04 Å². The predicted octanol–water partition coefficient (Wildman–Crippen LogP) is 2.03. The summed E-state index contributed by atoms with van der Waals surface area (Å²) in [5.74, 6) is -1.11. The number of aliphatic carboxylic acids is 1. The minimum atomic E-state index is -0.955. The maximum Gasteiger partial charge on any atom is 0.326 e. The molecule has 1 atom stereocenters. The number of carboxylic acid groups (broad SMARTS) is 1. The number of rotatable bonds is 3. The van der Waals surface area contributed by atoms with Gasteiger partial charge in [-0.2, -0.15) is 0 Å². The van der Waals surface area contributed by atoms with E-state index in [1.165, 1.54) is 16.2 Å². The second-order valence-corrected chi connectivity index (χ2v) is 6.33. The highest BCUT2D eigenvalue weighted by atomic mass is 32.1. The number of hydrogen-bond donors (Lipinski definition) is 1. The van der Waals surface area contributed by atoms with E-state index in [4.69, 9.17) is 0 Å². The van der Waals surface area contributed by atoms with Crippen molar-refractivity contribution in [1.29, 1.82) is 0 Å². The summed E-state index contributed by atoms with van der Waals surface area (Å²) in [6.07, 6.45) is 0.571. The van der Waals surface area contributed by atoms with Crippen LogP contribution in [0.15, 0.2) is 29.8 Å². The molecule has 1 amide bonds. The molecular weight excluding hydrogens is 300 g/mol. The third kappa shape index (κ3) is 2.74. The molecule has 22 heavy (non-hydrogen) atoms. The van der Waals surface area contributed by atoms with Gasteiger partial charge in [-0.1, -0.05) is 24.3 Å². The van der Waals surface area contributed by atoms with Crippen molar-refractivity contribution in [1.82, 2.24) is 9.88 Å². The Labute approximate surface area is 132 Å². The quantitative estimate of drug-likeness (QED) is 0.940. The van der Waals surface area contributed by atoms with Gasteiger partial charge in [-0.25, -0.2) is 9.78 Å². The average Bonchev–Trinajstić information content (AvgIpc) is 2.91. The van der Waals surface area contributed by atoms with Crippen molar-refractivity contribution in [2.75, 3.05) is 0 Å². The van der Waals surface area contributed by atoms with Crippen molar-refractivity contribution in [2.24, 2.45) is 0 Å². The lowest BCUT2D eigenvalue weighted by molar-refractivity contribution is -0.151. The number of thiazole rings is 1. The summed E-state index contributed by atoms with van der Waals surface area (Å²) in [6, 6.07) is 6.90. The Morgan fingerprint density at radius 3 is 2.73 bits per heavy atom. The lowest BCUT2D eigenvalue weighted by Gasteiger charge is -2.34. The van der Waals surface area contributed by atoms with Gasteiger partial charge in [0.25, 0.3) is 0 Å².